The first kappa shape index (κ1) is 17.3. The summed E-state index contributed by atoms with van der Waals surface area (Å²) in [7, 11) is -0.849. The lowest BCUT2D eigenvalue weighted by Gasteiger charge is -2.12. The molecule has 0 radical (unpaired) electrons. The van der Waals surface area contributed by atoms with Crippen molar-refractivity contribution in [3.63, 3.8) is 0 Å². The summed E-state index contributed by atoms with van der Waals surface area (Å²) in [5.41, 5.74) is 2.98. The molecule has 1 aromatic carbocycles. The highest BCUT2D eigenvalue weighted by Crippen LogP contribution is 2.23. The van der Waals surface area contributed by atoms with Gasteiger partial charge in [0.15, 0.2) is 0 Å². The predicted octanol–water partition coefficient (Wildman–Crippen LogP) is 2.34. The van der Waals surface area contributed by atoms with Crippen LogP contribution >= 0.6 is 0 Å². The lowest BCUT2D eigenvalue weighted by Crippen LogP contribution is -2.27. The molecule has 2 heterocycles. The maximum absolute atomic E-state index is 9.68. The van der Waals surface area contributed by atoms with Crippen LogP contribution in [0.4, 0.5) is 11.5 Å². The Morgan fingerprint density at radius 3 is 3.00 bits per heavy atom. The third kappa shape index (κ3) is 4.10. The highest BCUT2D eigenvalue weighted by molar-refractivity contribution is 6.61. The lowest BCUT2D eigenvalue weighted by atomic mass is 9.79. The third-order valence-electron chi connectivity index (χ3n) is 3.99. The quantitative estimate of drug-likeness (QED) is 0.787. The zero-order valence-electron chi connectivity index (χ0n) is 14.3. The molecule has 0 fully saturated rings. The minimum atomic E-state index is -0.849. The van der Waals surface area contributed by atoms with Crippen LogP contribution < -0.4 is 15.5 Å². The average molecular weight is 337 g/mol. The van der Waals surface area contributed by atoms with E-state index < -0.39 is 7.12 Å². The van der Waals surface area contributed by atoms with Gasteiger partial charge in [0.1, 0.15) is 17.5 Å². The molecule has 0 atom stereocenters. The van der Waals surface area contributed by atoms with Gasteiger partial charge in [0.2, 0.25) is 5.88 Å². The van der Waals surface area contributed by atoms with Gasteiger partial charge in [-0.05, 0) is 47.6 Å². The van der Waals surface area contributed by atoms with Crippen molar-refractivity contribution in [1.82, 2.24) is 4.98 Å². The Bertz CT molecular complexity index is 805. The molecule has 0 unspecified atom stereocenters. The molecule has 128 valence electrons. The molecular weight excluding hydrogens is 317 g/mol. The van der Waals surface area contributed by atoms with Gasteiger partial charge in [0.25, 0.3) is 0 Å². The van der Waals surface area contributed by atoms with E-state index in [4.69, 9.17) is 9.39 Å². The van der Waals surface area contributed by atoms with Gasteiger partial charge in [0.05, 0.1) is 13.2 Å². The number of fused-ring (bicyclic) bond motifs is 1. The van der Waals surface area contributed by atoms with Crippen LogP contribution in [-0.4, -0.2) is 23.7 Å². The number of nitrogens with zero attached hydrogens (tertiary/aromatic N) is 2. The molecule has 3 rings (SSSR count). The first-order valence-corrected chi connectivity index (χ1v) is 8.30. The van der Waals surface area contributed by atoms with Gasteiger partial charge in [-0.3, -0.25) is 0 Å². The third-order valence-corrected chi connectivity index (χ3v) is 3.99. The van der Waals surface area contributed by atoms with Crippen molar-refractivity contribution in [2.75, 3.05) is 11.9 Å². The number of aromatic nitrogens is 1. The summed E-state index contributed by atoms with van der Waals surface area (Å²) in [5, 5.41) is 22.1. The van der Waals surface area contributed by atoms with Gasteiger partial charge in [-0.15, -0.1) is 0 Å². The van der Waals surface area contributed by atoms with E-state index >= 15 is 0 Å². The largest absolute Gasteiger partial charge is 0.491 e. The summed E-state index contributed by atoms with van der Waals surface area (Å²) < 4.78 is 10.9. The molecule has 0 spiro atoms. The number of nitriles is 1. The van der Waals surface area contributed by atoms with Gasteiger partial charge in [-0.25, -0.2) is 0 Å². The number of rotatable bonds is 6. The molecule has 0 aliphatic carbocycles. The van der Waals surface area contributed by atoms with Gasteiger partial charge in [-0.1, -0.05) is 19.9 Å². The molecule has 1 aliphatic heterocycles. The molecule has 0 saturated heterocycles. The minimum Gasteiger partial charge on any atom is -0.477 e. The number of hydrogen-bond donors (Lipinski definition) is 2. The topological polar surface area (TPSA) is 87.4 Å². The number of pyridine rings is 1. The number of nitrogens with one attached hydrogen (secondary N) is 1. The first-order chi connectivity index (χ1) is 12.1. The Labute approximate surface area is 147 Å². The van der Waals surface area contributed by atoms with E-state index in [9.17, 15) is 10.3 Å². The zero-order chi connectivity index (χ0) is 17.8. The van der Waals surface area contributed by atoms with E-state index in [0.29, 0.717) is 36.4 Å². The molecular formula is C18H20BN3O3. The summed E-state index contributed by atoms with van der Waals surface area (Å²) in [6.45, 7) is 5.15. The van der Waals surface area contributed by atoms with Crippen LogP contribution in [0, 0.1) is 17.2 Å². The van der Waals surface area contributed by atoms with Crippen LogP contribution in [0.3, 0.4) is 0 Å². The van der Waals surface area contributed by atoms with Crippen LogP contribution in [-0.2, 0) is 11.3 Å². The van der Waals surface area contributed by atoms with E-state index in [1.54, 1.807) is 12.1 Å². The summed E-state index contributed by atoms with van der Waals surface area (Å²) in [4.78, 5) is 4.41. The Balaban J connectivity index is 1.75. The molecule has 7 heteroatoms. The summed E-state index contributed by atoms with van der Waals surface area (Å²) >= 11 is 0. The monoisotopic (exact) mass is 337 g/mol. The molecule has 1 aromatic heterocycles. The van der Waals surface area contributed by atoms with Crippen molar-refractivity contribution < 1.29 is 14.4 Å². The minimum absolute atomic E-state index is 0.341. The average Bonchev–Trinajstić information content (AvgIpc) is 2.95. The molecule has 0 amide bonds. The van der Waals surface area contributed by atoms with Crippen molar-refractivity contribution in [3.05, 3.63) is 41.5 Å². The van der Waals surface area contributed by atoms with E-state index in [-0.39, 0.29) is 0 Å². The number of ether oxygens (including phenoxy) is 1. The molecule has 1 aliphatic rings. The maximum atomic E-state index is 9.68. The second kappa shape index (κ2) is 7.56. The highest BCUT2D eigenvalue weighted by Gasteiger charge is 2.27. The smallest absolute Gasteiger partial charge is 0.477 e. The Kier molecular flexibility index (Phi) is 5.22. The van der Waals surface area contributed by atoms with Crippen molar-refractivity contribution in [2.24, 2.45) is 5.92 Å². The molecule has 6 nitrogen and oxygen atoms in total. The normalized spacial score (nSPS) is 12.8. The molecule has 2 aromatic rings. The van der Waals surface area contributed by atoms with E-state index in [1.807, 2.05) is 18.2 Å². The lowest BCUT2D eigenvalue weighted by molar-refractivity contribution is 0.275. The fraction of sp³-hybridized carbons (Fsp3) is 0.333. The van der Waals surface area contributed by atoms with Crippen molar-refractivity contribution >= 4 is 24.1 Å². The second-order valence-electron chi connectivity index (χ2n) is 6.39. The Morgan fingerprint density at radius 2 is 2.24 bits per heavy atom. The van der Waals surface area contributed by atoms with Crippen LogP contribution in [0.2, 0.25) is 0 Å². The summed E-state index contributed by atoms with van der Waals surface area (Å²) in [5.74, 6) is 1.46. The van der Waals surface area contributed by atoms with Crippen LogP contribution in [0.1, 0.15) is 31.4 Å². The fourth-order valence-corrected chi connectivity index (χ4v) is 2.55. The van der Waals surface area contributed by atoms with Crippen LogP contribution in [0.15, 0.2) is 30.3 Å². The van der Waals surface area contributed by atoms with Gasteiger partial charge in [0, 0.05) is 5.69 Å². The SMILES string of the molecule is CC(C)CCOc1nc(Nc2ccc3c(c2)COB3O)ccc1C#N. The highest BCUT2D eigenvalue weighted by atomic mass is 16.5. The van der Waals surface area contributed by atoms with Gasteiger partial charge in [-0.2, -0.15) is 10.2 Å². The van der Waals surface area contributed by atoms with Crippen molar-refractivity contribution in [1.29, 1.82) is 5.26 Å². The van der Waals surface area contributed by atoms with Gasteiger partial charge >= 0.3 is 7.12 Å². The zero-order valence-corrected chi connectivity index (χ0v) is 14.3. The number of anilines is 2. The fourth-order valence-electron chi connectivity index (χ4n) is 2.55. The van der Waals surface area contributed by atoms with E-state index in [1.165, 1.54) is 0 Å². The standard InChI is InChI=1S/C18H20BN3O3/c1-12(2)7-8-24-18-13(10-20)3-6-17(22-18)21-15-4-5-16-14(9-15)11-25-19(16)23/h3-6,9,12,23H,7-8,11H2,1-2H3,(H,21,22). The molecule has 0 saturated carbocycles. The second-order valence-corrected chi connectivity index (χ2v) is 6.39. The number of benzene rings is 1. The van der Waals surface area contributed by atoms with Crippen molar-refractivity contribution in [2.45, 2.75) is 26.9 Å². The van der Waals surface area contributed by atoms with E-state index in [2.05, 4.69) is 30.2 Å². The Morgan fingerprint density at radius 1 is 1.40 bits per heavy atom. The molecule has 2 N–H and O–H groups in total. The number of hydrogen-bond acceptors (Lipinski definition) is 6. The Hall–Kier alpha value is -2.56. The molecule has 25 heavy (non-hydrogen) atoms. The van der Waals surface area contributed by atoms with Crippen LogP contribution in [0.25, 0.3) is 0 Å². The summed E-state index contributed by atoms with van der Waals surface area (Å²) in [6.07, 6.45) is 0.900. The van der Waals surface area contributed by atoms with E-state index in [0.717, 1.165) is 23.1 Å². The van der Waals surface area contributed by atoms with Crippen LogP contribution in [0.5, 0.6) is 5.88 Å². The first-order valence-electron chi connectivity index (χ1n) is 8.30. The predicted molar refractivity (Wildman–Crippen MR) is 96.0 cm³/mol. The summed E-state index contributed by atoms with van der Waals surface area (Å²) in [6, 6.07) is 11.2. The molecule has 0 bridgehead atoms. The maximum Gasteiger partial charge on any atom is 0.491 e. The van der Waals surface area contributed by atoms with Crippen molar-refractivity contribution in [3.8, 4) is 11.9 Å². The van der Waals surface area contributed by atoms with Gasteiger partial charge < -0.3 is 19.7 Å².